The summed E-state index contributed by atoms with van der Waals surface area (Å²) in [6, 6.07) is 7.99. The van der Waals surface area contributed by atoms with Crippen molar-refractivity contribution in [3.63, 3.8) is 0 Å². The molecule has 0 aliphatic rings. The maximum absolute atomic E-state index is 10.6. The van der Waals surface area contributed by atoms with E-state index in [0.717, 1.165) is 0 Å². The third-order valence-corrected chi connectivity index (χ3v) is 3.65. The van der Waals surface area contributed by atoms with E-state index in [1.165, 1.54) is 12.1 Å². The first-order chi connectivity index (χ1) is 7.71. The molecule has 96 valence electrons. The van der Waals surface area contributed by atoms with Gasteiger partial charge in [0.05, 0.1) is 10.5 Å². The van der Waals surface area contributed by atoms with Crippen LogP contribution in [-0.2, 0) is 32.1 Å². The van der Waals surface area contributed by atoms with Crippen LogP contribution in [0.2, 0.25) is 0 Å². The van der Waals surface area contributed by atoms with Gasteiger partial charge in [0.25, 0.3) is 0 Å². The van der Waals surface area contributed by atoms with E-state index in [0.29, 0.717) is 5.56 Å². The number of rotatable bonds is 5. The zero-order valence-electron chi connectivity index (χ0n) is 8.29. The number of hydrogen-bond acceptors (Lipinski definition) is 5. The van der Waals surface area contributed by atoms with Crippen molar-refractivity contribution in [2.24, 2.45) is 0 Å². The summed E-state index contributed by atoms with van der Waals surface area (Å²) in [6.45, 7) is -0.458. The minimum Gasteiger partial charge on any atom is -0.271 e. The summed E-state index contributed by atoms with van der Waals surface area (Å²) in [6.07, 6.45) is 0. The van der Waals surface area contributed by atoms with Gasteiger partial charge in [-0.05, 0) is 5.56 Å². The Balaban J connectivity index is 2.84. The van der Waals surface area contributed by atoms with Crippen LogP contribution in [0.1, 0.15) is 5.56 Å². The van der Waals surface area contributed by atoms with E-state index in [1.807, 2.05) is 0 Å². The predicted octanol–water partition coefficient (Wildman–Crippen LogP) is 0.0258. The van der Waals surface area contributed by atoms with Gasteiger partial charge in [0, 0.05) is 0 Å². The molecule has 10 heteroatoms. The standard InChI is InChI=1S/C7H9NO7S2/c9-16(10,11)8(17(12,13)14)15-6-7-4-2-1-3-5-7/h1-5H,6H2,(H,9,10,11)(H,12,13,14). The van der Waals surface area contributed by atoms with E-state index >= 15 is 0 Å². The van der Waals surface area contributed by atoms with Gasteiger partial charge in [-0.15, -0.1) is 0 Å². The lowest BCUT2D eigenvalue weighted by molar-refractivity contribution is -0.0409. The second-order valence-electron chi connectivity index (χ2n) is 2.88. The monoisotopic (exact) mass is 283 g/mol. The van der Waals surface area contributed by atoms with Gasteiger partial charge in [0.1, 0.15) is 0 Å². The SMILES string of the molecule is O=S(=O)(O)N(OCc1ccccc1)S(=O)(=O)O. The van der Waals surface area contributed by atoms with Crippen LogP contribution in [0.5, 0.6) is 0 Å². The largest absolute Gasteiger partial charge is 0.374 e. The van der Waals surface area contributed by atoms with Gasteiger partial charge in [-0.3, -0.25) is 13.9 Å². The summed E-state index contributed by atoms with van der Waals surface area (Å²) in [7, 11) is -10.4. The molecule has 0 aromatic heterocycles. The third-order valence-electron chi connectivity index (χ3n) is 1.56. The second kappa shape index (κ2) is 5.08. The van der Waals surface area contributed by atoms with Crippen LogP contribution in [-0.4, -0.2) is 29.8 Å². The van der Waals surface area contributed by atoms with E-state index < -0.39 is 31.1 Å². The summed E-state index contributed by atoms with van der Waals surface area (Å²) in [5.41, 5.74) is 0.449. The fourth-order valence-corrected chi connectivity index (χ4v) is 2.28. The highest BCUT2D eigenvalue weighted by Crippen LogP contribution is 2.09. The van der Waals surface area contributed by atoms with Crippen LogP contribution in [0.4, 0.5) is 0 Å². The smallest absolute Gasteiger partial charge is 0.271 e. The molecule has 0 bridgehead atoms. The number of benzene rings is 1. The molecular weight excluding hydrogens is 274 g/mol. The zero-order valence-corrected chi connectivity index (χ0v) is 9.93. The van der Waals surface area contributed by atoms with E-state index in [9.17, 15) is 16.8 Å². The first-order valence-corrected chi connectivity index (χ1v) is 6.93. The zero-order chi connectivity index (χ0) is 13.1. The predicted molar refractivity (Wildman–Crippen MR) is 56.2 cm³/mol. The van der Waals surface area contributed by atoms with Gasteiger partial charge in [0.2, 0.25) is 0 Å². The molecule has 1 rings (SSSR count). The maximum atomic E-state index is 10.6. The summed E-state index contributed by atoms with van der Waals surface area (Å²) >= 11 is 0. The van der Waals surface area contributed by atoms with Gasteiger partial charge >= 0.3 is 20.6 Å². The fourth-order valence-electron chi connectivity index (χ4n) is 0.954. The molecule has 0 aliphatic heterocycles. The molecule has 2 N–H and O–H groups in total. The van der Waals surface area contributed by atoms with Crippen LogP contribution < -0.4 is 0 Å². The van der Waals surface area contributed by atoms with Crippen molar-refractivity contribution < 1.29 is 30.8 Å². The Labute approximate surface area is 98.2 Å². The van der Waals surface area contributed by atoms with Crippen molar-refractivity contribution in [2.45, 2.75) is 6.61 Å². The van der Waals surface area contributed by atoms with Gasteiger partial charge in [-0.25, -0.2) is 0 Å². The van der Waals surface area contributed by atoms with E-state index in [2.05, 4.69) is 4.84 Å². The van der Waals surface area contributed by atoms with Gasteiger partial charge < -0.3 is 0 Å². The van der Waals surface area contributed by atoms with Crippen molar-refractivity contribution in [3.05, 3.63) is 35.9 Å². The molecular formula is C7H9NO7S2. The van der Waals surface area contributed by atoms with Crippen molar-refractivity contribution in [2.75, 3.05) is 0 Å². The number of nitrogens with zero attached hydrogens (tertiary/aromatic N) is 1. The summed E-state index contributed by atoms with van der Waals surface area (Å²) in [5.74, 6) is 0. The summed E-state index contributed by atoms with van der Waals surface area (Å²) in [5, 5.41) is 0. The Bertz CT molecular complexity index is 533. The van der Waals surface area contributed by atoms with Crippen LogP contribution in [0, 0.1) is 0 Å². The highest BCUT2D eigenvalue weighted by Gasteiger charge is 2.32. The quantitative estimate of drug-likeness (QED) is 0.577. The van der Waals surface area contributed by atoms with Crippen molar-refractivity contribution >= 4 is 20.6 Å². The van der Waals surface area contributed by atoms with Gasteiger partial charge in [-0.1, -0.05) is 30.3 Å². The molecule has 8 nitrogen and oxygen atoms in total. The van der Waals surface area contributed by atoms with Crippen molar-refractivity contribution in [1.82, 2.24) is 3.87 Å². The molecule has 1 aromatic rings. The Morgan fingerprint density at radius 3 is 1.88 bits per heavy atom. The Hall–Kier alpha value is -1.04. The molecule has 0 atom stereocenters. The minimum atomic E-state index is -5.22. The van der Waals surface area contributed by atoms with E-state index in [1.54, 1.807) is 18.2 Å². The molecule has 17 heavy (non-hydrogen) atoms. The normalized spacial score (nSPS) is 12.9. The summed E-state index contributed by atoms with van der Waals surface area (Å²) < 4.78 is 58.6. The van der Waals surface area contributed by atoms with Crippen LogP contribution >= 0.6 is 0 Å². The molecule has 0 saturated heterocycles. The molecule has 0 heterocycles. The molecule has 0 spiro atoms. The molecule has 1 aromatic carbocycles. The molecule has 0 radical (unpaired) electrons. The molecule has 0 unspecified atom stereocenters. The lowest BCUT2D eigenvalue weighted by Gasteiger charge is -2.13. The van der Waals surface area contributed by atoms with Crippen LogP contribution in [0.15, 0.2) is 30.3 Å². The highest BCUT2D eigenvalue weighted by molar-refractivity contribution is 7.98. The van der Waals surface area contributed by atoms with E-state index in [4.69, 9.17) is 9.11 Å². The molecule has 0 aliphatic carbocycles. The second-order valence-corrected chi connectivity index (χ2v) is 5.56. The molecule has 0 saturated carbocycles. The Morgan fingerprint density at radius 1 is 1.00 bits per heavy atom. The fraction of sp³-hybridized carbons (Fsp3) is 0.143. The van der Waals surface area contributed by atoms with Crippen molar-refractivity contribution in [1.29, 1.82) is 0 Å². The third kappa shape index (κ3) is 4.38. The van der Waals surface area contributed by atoms with Gasteiger partial charge in [0.15, 0.2) is 0 Å². The van der Waals surface area contributed by atoms with Crippen LogP contribution in [0.25, 0.3) is 0 Å². The highest BCUT2D eigenvalue weighted by atomic mass is 32.3. The first-order valence-electron chi connectivity index (χ1n) is 4.13. The van der Waals surface area contributed by atoms with Gasteiger partial charge in [-0.2, -0.15) is 16.8 Å². The minimum absolute atomic E-state index is 0.449. The topological polar surface area (TPSA) is 121 Å². The van der Waals surface area contributed by atoms with Crippen molar-refractivity contribution in [3.8, 4) is 0 Å². The Morgan fingerprint density at radius 2 is 1.47 bits per heavy atom. The maximum Gasteiger partial charge on any atom is 0.374 e. The average Bonchev–Trinajstić information content (AvgIpc) is 2.15. The summed E-state index contributed by atoms with van der Waals surface area (Å²) in [4.78, 5) is 4.31. The van der Waals surface area contributed by atoms with Crippen LogP contribution in [0.3, 0.4) is 0 Å². The average molecular weight is 283 g/mol. The number of hydrogen-bond donors (Lipinski definition) is 2. The first kappa shape index (κ1) is 14.0. The lowest BCUT2D eigenvalue weighted by Crippen LogP contribution is -2.35. The van der Waals surface area contributed by atoms with E-state index in [-0.39, 0.29) is 0 Å². The Kier molecular flexibility index (Phi) is 4.19. The molecule has 0 amide bonds. The lowest BCUT2D eigenvalue weighted by atomic mass is 10.2. The molecule has 0 fully saturated rings.